The van der Waals surface area contributed by atoms with E-state index >= 15 is 0 Å². The number of nitrogens with zero attached hydrogens (tertiary/aromatic N) is 1. The average Bonchev–Trinajstić information content (AvgIpc) is 2.69. The van der Waals surface area contributed by atoms with Crippen LogP contribution in [0.5, 0.6) is 0 Å². The lowest BCUT2D eigenvalue weighted by atomic mass is 9.90. The first-order valence-electron chi connectivity index (χ1n) is 8.22. The fourth-order valence-electron chi connectivity index (χ4n) is 4.35. The van der Waals surface area contributed by atoms with Gasteiger partial charge in [0.2, 0.25) is 0 Å². The fourth-order valence-corrected chi connectivity index (χ4v) is 4.35. The summed E-state index contributed by atoms with van der Waals surface area (Å²) in [5, 5.41) is 0. The largest absolute Gasteiger partial charge is 0.329 e. The normalized spacial score (nSPS) is 38.8. The minimum atomic E-state index is 0.353. The van der Waals surface area contributed by atoms with Crippen LogP contribution in [-0.2, 0) is 0 Å². The Labute approximate surface area is 113 Å². The quantitative estimate of drug-likeness (QED) is 0.829. The highest BCUT2D eigenvalue weighted by molar-refractivity contribution is 5.01. The molecule has 0 aromatic rings. The van der Waals surface area contributed by atoms with E-state index in [1.54, 1.807) is 0 Å². The summed E-state index contributed by atoms with van der Waals surface area (Å²) in [6.07, 6.45) is 12.4. The van der Waals surface area contributed by atoms with E-state index in [-0.39, 0.29) is 0 Å². The lowest BCUT2D eigenvalue weighted by molar-refractivity contribution is 0.0487. The molecule has 106 valence electrons. The minimum absolute atomic E-state index is 0.353. The number of hydrogen-bond acceptors (Lipinski definition) is 2. The summed E-state index contributed by atoms with van der Waals surface area (Å²) in [7, 11) is 0. The van der Waals surface area contributed by atoms with E-state index in [0.717, 1.165) is 18.5 Å². The molecule has 1 saturated carbocycles. The molecule has 2 fully saturated rings. The maximum Gasteiger partial charge on any atom is 0.0337 e. The molecule has 0 bridgehead atoms. The Bertz CT molecular complexity index is 253. The number of likely N-dealkylation sites (tertiary alicyclic amines) is 1. The molecule has 2 heteroatoms. The highest BCUT2D eigenvalue weighted by atomic mass is 15.2. The van der Waals surface area contributed by atoms with E-state index in [1.165, 1.54) is 64.3 Å². The highest BCUT2D eigenvalue weighted by Gasteiger charge is 2.44. The van der Waals surface area contributed by atoms with Crippen LogP contribution >= 0.6 is 0 Å². The van der Waals surface area contributed by atoms with Crippen LogP contribution in [0.4, 0.5) is 0 Å². The summed E-state index contributed by atoms with van der Waals surface area (Å²) in [6, 6.07) is 0.798. The minimum Gasteiger partial charge on any atom is -0.329 e. The lowest BCUT2D eigenvalue weighted by Crippen LogP contribution is -2.56. The summed E-state index contributed by atoms with van der Waals surface area (Å²) in [6.45, 7) is 6.88. The summed E-state index contributed by atoms with van der Waals surface area (Å²) in [5.41, 5.74) is 6.60. The zero-order valence-electron chi connectivity index (χ0n) is 12.5. The van der Waals surface area contributed by atoms with E-state index in [2.05, 4.69) is 18.7 Å². The van der Waals surface area contributed by atoms with E-state index in [1.807, 2.05) is 0 Å². The standard InChI is InChI=1S/C16H32N2/c1-3-14-9-10-16(12-14,13-17)18-11-7-5-6-8-15(18)4-2/h14-15H,3-13,17H2,1-2H3. The molecule has 2 aliphatic rings. The van der Waals surface area contributed by atoms with E-state index in [4.69, 9.17) is 5.73 Å². The monoisotopic (exact) mass is 252 g/mol. The molecule has 3 atom stereocenters. The number of nitrogens with two attached hydrogens (primary N) is 1. The van der Waals surface area contributed by atoms with Crippen molar-refractivity contribution < 1.29 is 0 Å². The highest BCUT2D eigenvalue weighted by Crippen LogP contribution is 2.42. The Morgan fingerprint density at radius 3 is 2.56 bits per heavy atom. The summed E-state index contributed by atoms with van der Waals surface area (Å²) in [4.78, 5) is 2.84. The van der Waals surface area contributed by atoms with Crippen LogP contribution in [0.1, 0.15) is 71.6 Å². The van der Waals surface area contributed by atoms with E-state index in [9.17, 15) is 0 Å². The van der Waals surface area contributed by atoms with Gasteiger partial charge in [-0.15, -0.1) is 0 Å². The fraction of sp³-hybridized carbons (Fsp3) is 1.00. The van der Waals surface area contributed by atoms with Crippen LogP contribution in [-0.4, -0.2) is 29.6 Å². The smallest absolute Gasteiger partial charge is 0.0337 e. The molecule has 0 radical (unpaired) electrons. The van der Waals surface area contributed by atoms with E-state index in [0.29, 0.717) is 5.54 Å². The summed E-state index contributed by atoms with van der Waals surface area (Å²) >= 11 is 0. The second-order valence-electron chi connectivity index (χ2n) is 6.55. The van der Waals surface area contributed by atoms with Crippen molar-refractivity contribution in [3.05, 3.63) is 0 Å². The van der Waals surface area contributed by atoms with Crippen molar-refractivity contribution in [1.29, 1.82) is 0 Å². The van der Waals surface area contributed by atoms with Crippen molar-refractivity contribution in [3.8, 4) is 0 Å². The maximum atomic E-state index is 6.24. The predicted molar refractivity (Wildman–Crippen MR) is 78.7 cm³/mol. The first kappa shape index (κ1) is 14.3. The molecule has 18 heavy (non-hydrogen) atoms. The molecule has 1 aliphatic heterocycles. The van der Waals surface area contributed by atoms with Crippen LogP contribution in [0.2, 0.25) is 0 Å². The Balaban J connectivity index is 2.13. The Morgan fingerprint density at radius 1 is 1.11 bits per heavy atom. The van der Waals surface area contributed by atoms with Gasteiger partial charge in [0, 0.05) is 18.1 Å². The van der Waals surface area contributed by atoms with Gasteiger partial charge in [-0.25, -0.2) is 0 Å². The molecule has 0 spiro atoms. The third-order valence-electron chi connectivity index (χ3n) is 5.60. The molecule has 2 rings (SSSR count). The van der Waals surface area contributed by atoms with Crippen molar-refractivity contribution in [3.63, 3.8) is 0 Å². The van der Waals surface area contributed by atoms with Crippen LogP contribution < -0.4 is 5.73 Å². The van der Waals surface area contributed by atoms with Crippen LogP contribution in [0, 0.1) is 5.92 Å². The zero-order valence-corrected chi connectivity index (χ0v) is 12.5. The molecular formula is C16H32N2. The first-order valence-corrected chi connectivity index (χ1v) is 8.22. The predicted octanol–water partition coefficient (Wildman–Crippen LogP) is 3.55. The molecule has 2 nitrogen and oxygen atoms in total. The van der Waals surface area contributed by atoms with Crippen LogP contribution in [0.25, 0.3) is 0 Å². The van der Waals surface area contributed by atoms with Gasteiger partial charge in [0.15, 0.2) is 0 Å². The van der Waals surface area contributed by atoms with Gasteiger partial charge in [0.05, 0.1) is 0 Å². The first-order chi connectivity index (χ1) is 8.75. The topological polar surface area (TPSA) is 29.3 Å². The van der Waals surface area contributed by atoms with Gasteiger partial charge in [0.25, 0.3) is 0 Å². The maximum absolute atomic E-state index is 6.24. The number of rotatable bonds is 4. The molecule has 1 heterocycles. The van der Waals surface area contributed by atoms with Gasteiger partial charge >= 0.3 is 0 Å². The van der Waals surface area contributed by atoms with Gasteiger partial charge in [-0.3, -0.25) is 4.90 Å². The molecule has 2 N–H and O–H groups in total. The van der Waals surface area contributed by atoms with Crippen molar-refractivity contribution >= 4 is 0 Å². The second-order valence-corrected chi connectivity index (χ2v) is 6.55. The molecular weight excluding hydrogens is 220 g/mol. The Kier molecular flexibility index (Phi) is 5.08. The van der Waals surface area contributed by atoms with Gasteiger partial charge in [-0.1, -0.05) is 33.1 Å². The molecule has 1 aliphatic carbocycles. The summed E-state index contributed by atoms with van der Waals surface area (Å²) in [5.74, 6) is 0.925. The SMILES string of the molecule is CCC1CCC(CN)(N2CCCCCC2CC)C1. The average molecular weight is 252 g/mol. The molecule has 1 saturated heterocycles. The Hall–Kier alpha value is -0.0800. The van der Waals surface area contributed by atoms with Crippen LogP contribution in [0.3, 0.4) is 0 Å². The van der Waals surface area contributed by atoms with Gasteiger partial charge in [-0.05, 0) is 51.0 Å². The zero-order chi connectivity index (χ0) is 13.0. The second kappa shape index (κ2) is 6.38. The Morgan fingerprint density at radius 2 is 1.94 bits per heavy atom. The van der Waals surface area contributed by atoms with Gasteiger partial charge < -0.3 is 5.73 Å². The lowest BCUT2D eigenvalue weighted by Gasteiger charge is -2.45. The molecule has 0 aromatic carbocycles. The van der Waals surface area contributed by atoms with Crippen molar-refractivity contribution in [2.45, 2.75) is 83.2 Å². The van der Waals surface area contributed by atoms with Crippen molar-refractivity contribution in [2.24, 2.45) is 11.7 Å². The van der Waals surface area contributed by atoms with Crippen LogP contribution in [0.15, 0.2) is 0 Å². The third-order valence-corrected chi connectivity index (χ3v) is 5.60. The number of hydrogen-bond donors (Lipinski definition) is 1. The molecule has 0 amide bonds. The summed E-state index contributed by atoms with van der Waals surface area (Å²) < 4.78 is 0. The van der Waals surface area contributed by atoms with Gasteiger partial charge in [-0.2, -0.15) is 0 Å². The third kappa shape index (κ3) is 2.75. The molecule has 0 aromatic heterocycles. The van der Waals surface area contributed by atoms with Crippen molar-refractivity contribution in [1.82, 2.24) is 4.90 Å². The van der Waals surface area contributed by atoms with Gasteiger partial charge in [0.1, 0.15) is 0 Å². The molecule has 3 unspecified atom stereocenters. The van der Waals surface area contributed by atoms with Crippen molar-refractivity contribution in [2.75, 3.05) is 13.1 Å². The van der Waals surface area contributed by atoms with E-state index < -0.39 is 0 Å².